The second kappa shape index (κ2) is 6.79. The normalized spacial score (nSPS) is 13.0. The van der Waals surface area contributed by atoms with Crippen molar-refractivity contribution in [2.24, 2.45) is 0 Å². The van der Waals surface area contributed by atoms with Crippen molar-refractivity contribution >= 4 is 29.2 Å². The van der Waals surface area contributed by atoms with Gasteiger partial charge in [0.05, 0.1) is 17.2 Å². The van der Waals surface area contributed by atoms with Gasteiger partial charge in [-0.05, 0) is 50.1 Å². The van der Waals surface area contributed by atoms with Crippen LogP contribution in [0, 0.1) is 6.92 Å². The average Bonchev–Trinajstić information content (AvgIpc) is 2.46. The van der Waals surface area contributed by atoms with Crippen LogP contribution in [0.5, 0.6) is 0 Å². The molecule has 23 heavy (non-hydrogen) atoms. The summed E-state index contributed by atoms with van der Waals surface area (Å²) in [7, 11) is 0. The second-order valence-corrected chi connectivity index (χ2v) is 5.78. The van der Waals surface area contributed by atoms with Crippen LogP contribution in [0.25, 0.3) is 11.6 Å². The molecule has 2 rings (SSSR count). The molecule has 6 heteroatoms. The maximum Gasteiger partial charge on any atom is 0.310 e. The van der Waals surface area contributed by atoms with E-state index in [0.717, 1.165) is 11.1 Å². The Labute approximate surface area is 138 Å². The molecule has 1 heterocycles. The number of allylic oxidation sites excluding steroid dienone is 1. The number of aromatic nitrogens is 2. The predicted molar refractivity (Wildman–Crippen MR) is 90.6 cm³/mol. The molecular weight excluding hydrogens is 316 g/mol. The summed E-state index contributed by atoms with van der Waals surface area (Å²) in [5.74, 6) is -1.58. The van der Waals surface area contributed by atoms with E-state index < -0.39 is 17.4 Å². The standard InChI is InChI=1S/C17H17ClN2O3/c1-9(12-4-6-13(18)7-5-12)8-14-15(10(2)17(22)23)16(21)20-11(3)19-14/h4-8,10H,1-3H3,(H,22,23)(H,19,20,21)/b9-8+. The van der Waals surface area contributed by atoms with E-state index >= 15 is 0 Å². The lowest BCUT2D eigenvalue weighted by Crippen LogP contribution is -2.23. The van der Waals surface area contributed by atoms with Crippen LogP contribution in [0.3, 0.4) is 0 Å². The number of nitrogens with zero attached hydrogens (tertiary/aromatic N) is 1. The summed E-state index contributed by atoms with van der Waals surface area (Å²) in [5.41, 5.74) is 1.87. The van der Waals surface area contributed by atoms with Gasteiger partial charge in [-0.2, -0.15) is 0 Å². The summed E-state index contributed by atoms with van der Waals surface area (Å²) in [4.78, 5) is 30.3. The van der Waals surface area contributed by atoms with E-state index in [-0.39, 0.29) is 5.56 Å². The molecule has 1 unspecified atom stereocenters. The molecule has 2 N–H and O–H groups in total. The lowest BCUT2D eigenvalue weighted by Gasteiger charge is -2.11. The van der Waals surface area contributed by atoms with Gasteiger partial charge in [0.25, 0.3) is 5.56 Å². The predicted octanol–water partition coefficient (Wildman–Crippen LogP) is 3.48. The molecule has 1 aromatic carbocycles. The quantitative estimate of drug-likeness (QED) is 0.897. The van der Waals surface area contributed by atoms with Crippen molar-refractivity contribution in [3.05, 3.63) is 62.3 Å². The van der Waals surface area contributed by atoms with Crippen LogP contribution < -0.4 is 5.56 Å². The van der Waals surface area contributed by atoms with E-state index in [0.29, 0.717) is 16.5 Å². The molecule has 0 saturated heterocycles. The zero-order valence-corrected chi connectivity index (χ0v) is 13.8. The van der Waals surface area contributed by atoms with Crippen LogP contribution >= 0.6 is 11.6 Å². The Morgan fingerprint density at radius 1 is 1.35 bits per heavy atom. The van der Waals surface area contributed by atoms with Crippen molar-refractivity contribution in [2.45, 2.75) is 26.7 Å². The van der Waals surface area contributed by atoms with Crippen LogP contribution in [0.1, 0.15) is 42.4 Å². The van der Waals surface area contributed by atoms with Gasteiger partial charge in [0.15, 0.2) is 0 Å². The molecule has 0 aliphatic heterocycles. The molecule has 0 aliphatic carbocycles. The smallest absolute Gasteiger partial charge is 0.310 e. The van der Waals surface area contributed by atoms with Crippen LogP contribution in [-0.2, 0) is 4.79 Å². The molecular formula is C17H17ClN2O3. The third-order valence-corrected chi connectivity index (χ3v) is 3.81. The van der Waals surface area contributed by atoms with E-state index in [4.69, 9.17) is 11.6 Å². The molecule has 0 radical (unpaired) electrons. The van der Waals surface area contributed by atoms with Crippen LogP contribution in [0.4, 0.5) is 0 Å². The molecule has 1 aromatic heterocycles. The molecule has 0 aliphatic rings. The first-order valence-corrected chi connectivity index (χ1v) is 7.45. The number of carbonyl (C=O) groups is 1. The Morgan fingerprint density at radius 3 is 2.52 bits per heavy atom. The minimum Gasteiger partial charge on any atom is -0.481 e. The first-order valence-electron chi connectivity index (χ1n) is 7.07. The molecule has 0 fully saturated rings. The summed E-state index contributed by atoms with van der Waals surface area (Å²) in [6.45, 7) is 5.00. The maximum absolute atomic E-state index is 12.2. The van der Waals surface area contributed by atoms with Gasteiger partial charge in [-0.1, -0.05) is 23.7 Å². The minimum absolute atomic E-state index is 0.149. The third-order valence-electron chi connectivity index (χ3n) is 3.56. The number of hydrogen-bond donors (Lipinski definition) is 2. The number of carboxylic acids is 1. The van der Waals surface area contributed by atoms with Crippen LogP contribution in [0.15, 0.2) is 29.1 Å². The molecule has 5 nitrogen and oxygen atoms in total. The van der Waals surface area contributed by atoms with E-state index in [9.17, 15) is 14.7 Å². The van der Waals surface area contributed by atoms with Crippen molar-refractivity contribution < 1.29 is 9.90 Å². The van der Waals surface area contributed by atoms with Gasteiger partial charge >= 0.3 is 5.97 Å². The van der Waals surface area contributed by atoms with Gasteiger partial charge in [-0.25, -0.2) is 4.98 Å². The summed E-state index contributed by atoms with van der Waals surface area (Å²) in [6, 6.07) is 7.25. The fraction of sp³-hybridized carbons (Fsp3) is 0.235. The molecule has 0 saturated carbocycles. The largest absolute Gasteiger partial charge is 0.481 e. The Kier molecular flexibility index (Phi) is 5.01. The van der Waals surface area contributed by atoms with Crippen LogP contribution in [0.2, 0.25) is 5.02 Å². The van der Waals surface area contributed by atoms with Gasteiger partial charge in [0, 0.05) is 5.02 Å². The Morgan fingerprint density at radius 2 is 1.96 bits per heavy atom. The van der Waals surface area contributed by atoms with Gasteiger partial charge in [0.2, 0.25) is 0 Å². The number of nitrogens with one attached hydrogen (secondary N) is 1. The topological polar surface area (TPSA) is 83.0 Å². The highest BCUT2D eigenvalue weighted by molar-refractivity contribution is 6.30. The third kappa shape index (κ3) is 3.87. The molecule has 1 atom stereocenters. The number of aromatic amines is 1. The van der Waals surface area contributed by atoms with E-state index in [1.165, 1.54) is 6.92 Å². The Bertz CT molecular complexity index is 823. The summed E-state index contributed by atoms with van der Waals surface area (Å²) in [6.07, 6.45) is 1.72. The first-order chi connectivity index (χ1) is 10.8. The monoisotopic (exact) mass is 332 g/mol. The summed E-state index contributed by atoms with van der Waals surface area (Å²) in [5, 5.41) is 9.85. The Hall–Kier alpha value is -2.40. The van der Waals surface area contributed by atoms with E-state index in [1.54, 1.807) is 25.1 Å². The second-order valence-electron chi connectivity index (χ2n) is 5.34. The number of hydrogen-bond acceptors (Lipinski definition) is 3. The molecule has 0 bridgehead atoms. The van der Waals surface area contributed by atoms with Gasteiger partial charge in [0.1, 0.15) is 5.82 Å². The summed E-state index contributed by atoms with van der Waals surface area (Å²) < 4.78 is 0. The van der Waals surface area contributed by atoms with Crippen molar-refractivity contribution in [1.82, 2.24) is 9.97 Å². The number of rotatable bonds is 4. The number of aryl methyl sites for hydroxylation is 1. The molecule has 120 valence electrons. The van der Waals surface area contributed by atoms with Crippen molar-refractivity contribution in [3.8, 4) is 0 Å². The fourth-order valence-corrected chi connectivity index (χ4v) is 2.40. The lowest BCUT2D eigenvalue weighted by atomic mass is 9.98. The van der Waals surface area contributed by atoms with Gasteiger partial charge in [-0.15, -0.1) is 0 Å². The van der Waals surface area contributed by atoms with E-state index in [1.807, 2.05) is 19.1 Å². The number of benzene rings is 1. The number of halogens is 1. The molecule has 2 aromatic rings. The summed E-state index contributed by atoms with van der Waals surface area (Å²) >= 11 is 5.88. The van der Waals surface area contributed by atoms with E-state index in [2.05, 4.69) is 9.97 Å². The molecule has 0 spiro atoms. The highest BCUT2D eigenvalue weighted by atomic mass is 35.5. The average molecular weight is 333 g/mol. The first kappa shape index (κ1) is 17.0. The van der Waals surface area contributed by atoms with Crippen molar-refractivity contribution in [3.63, 3.8) is 0 Å². The Balaban J connectivity index is 2.58. The highest BCUT2D eigenvalue weighted by Crippen LogP contribution is 2.22. The molecule has 0 amide bonds. The SMILES string of the molecule is C/C(=C\c1nc(C)[nH]c(=O)c1C(C)C(=O)O)c1ccc(Cl)cc1. The lowest BCUT2D eigenvalue weighted by molar-refractivity contribution is -0.138. The number of aliphatic carboxylic acids is 1. The van der Waals surface area contributed by atoms with Gasteiger partial charge in [-0.3, -0.25) is 9.59 Å². The number of H-pyrrole nitrogens is 1. The highest BCUT2D eigenvalue weighted by Gasteiger charge is 2.22. The van der Waals surface area contributed by atoms with Crippen LogP contribution in [-0.4, -0.2) is 21.0 Å². The van der Waals surface area contributed by atoms with Crippen molar-refractivity contribution in [1.29, 1.82) is 0 Å². The minimum atomic E-state index is -1.07. The fourth-order valence-electron chi connectivity index (χ4n) is 2.27. The number of carboxylic acid groups (broad SMARTS) is 1. The zero-order valence-electron chi connectivity index (χ0n) is 13.1. The zero-order chi connectivity index (χ0) is 17.1. The van der Waals surface area contributed by atoms with Gasteiger partial charge < -0.3 is 10.1 Å². The van der Waals surface area contributed by atoms with Crippen molar-refractivity contribution in [2.75, 3.05) is 0 Å². The maximum atomic E-state index is 12.2.